The lowest BCUT2D eigenvalue weighted by molar-refractivity contribution is 0.359. The smallest absolute Gasteiger partial charge is 0.123 e. The summed E-state index contributed by atoms with van der Waals surface area (Å²) in [6, 6.07) is 22.1. The first-order valence-corrected chi connectivity index (χ1v) is 10.1. The molecule has 2 heteroatoms. The van der Waals surface area contributed by atoms with Crippen LogP contribution in [0.5, 0.6) is 11.5 Å². The average molecular weight is 370 g/mol. The van der Waals surface area contributed by atoms with Gasteiger partial charge in [0.25, 0.3) is 0 Å². The molecular weight excluding hydrogens is 344 g/mol. The lowest BCUT2D eigenvalue weighted by Gasteiger charge is -2.52. The van der Waals surface area contributed by atoms with E-state index in [2.05, 4.69) is 74.5 Å². The quantitative estimate of drug-likeness (QED) is 0.570. The highest BCUT2D eigenvalue weighted by Gasteiger charge is 2.54. The van der Waals surface area contributed by atoms with Gasteiger partial charge in [0.15, 0.2) is 0 Å². The Morgan fingerprint density at radius 2 is 1.32 bits per heavy atom. The predicted molar refractivity (Wildman–Crippen MR) is 113 cm³/mol. The number of methoxy groups -OCH3 is 2. The maximum Gasteiger partial charge on any atom is 0.123 e. The molecule has 0 atom stereocenters. The van der Waals surface area contributed by atoms with Gasteiger partial charge in [-0.25, -0.2) is 0 Å². The summed E-state index contributed by atoms with van der Waals surface area (Å²) in [5.74, 6) is 2.63. The van der Waals surface area contributed by atoms with Crippen LogP contribution in [0.3, 0.4) is 0 Å². The van der Waals surface area contributed by atoms with Crippen LogP contribution in [-0.2, 0) is 5.41 Å². The molecule has 0 saturated heterocycles. The molecule has 0 spiro atoms. The van der Waals surface area contributed by atoms with Crippen LogP contribution in [0, 0.1) is 5.92 Å². The van der Waals surface area contributed by atoms with Gasteiger partial charge in [-0.05, 0) is 46.7 Å². The minimum Gasteiger partial charge on any atom is -0.496 e. The van der Waals surface area contributed by atoms with Crippen molar-refractivity contribution >= 4 is 0 Å². The zero-order valence-corrected chi connectivity index (χ0v) is 17.0. The van der Waals surface area contributed by atoms with E-state index in [-0.39, 0.29) is 11.3 Å². The molecule has 2 nitrogen and oxygen atoms in total. The molecule has 6 rings (SSSR count). The molecule has 3 aliphatic rings. The number of hydrogen-bond acceptors (Lipinski definition) is 2. The molecule has 3 aromatic rings. The molecule has 0 saturated carbocycles. The van der Waals surface area contributed by atoms with Crippen LogP contribution >= 0.6 is 0 Å². The minimum absolute atomic E-state index is 0.182. The third kappa shape index (κ3) is 2.03. The van der Waals surface area contributed by atoms with E-state index < -0.39 is 0 Å². The summed E-state index contributed by atoms with van der Waals surface area (Å²) in [7, 11) is 3.56. The van der Waals surface area contributed by atoms with Gasteiger partial charge in [-0.3, -0.25) is 0 Å². The SMILES string of the molecule is COc1ccc(OC)c2c1C1c3ccccc3C2(CC(C)C)c2ccccc21. The zero-order valence-electron chi connectivity index (χ0n) is 17.0. The number of benzene rings is 3. The van der Waals surface area contributed by atoms with Crippen LogP contribution in [-0.4, -0.2) is 14.2 Å². The molecule has 0 aliphatic heterocycles. The Morgan fingerprint density at radius 1 is 0.786 bits per heavy atom. The summed E-state index contributed by atoms with van der Waals surface area (Å²) in [5.41, 5.74) is 8.01. The Morgan fingerprint density at radius 3 is 1.86 bits per heavy atom. The molecule has 0 heterocycles. The van der Waals surface area contributed by atoms with Crippen LogP contribution in [0.25, 0.3) is 0 Å². The third-order valence-corrected chi connectivity index (χ3v) is 6.50. The van der Waals surface area contributed by atoms with Gasteiger partial charge in [-0.1, -0.05) is 62.4 Å². The Bertz CT molecular complexity index is 1020. The standard InChI is InChI=1S/C26H26O2/c1-16(2)15-26-19-11-7-5-9-17(19)23(18-10-6-8-12-20(18)26)24-21(27-3)13-14-22(28-4)25(24)26/h5-14,16,23H,15H2,1-4H3. The van der Waals surface area contributed by atoms with Gasteiger partial charge in [0.2, 0.25) is 0 Å². The molecule has 0 N–H and O–H groups in total. The van der Waals surface area contributed by atoms with E-state index in [1.807, 2.05) is 0 Å². The summed E-state index contributed by atoms with van der Waals surface area (Å²) >= 11 is 0. The molecule has 0 radical (unpaired) electrons. The van der Waals surface area contributed by atoms with Gasteiger partial charge < -0.3 is 9.47 Å². The van der Waals surface area contributed by atoms with E-state index in [1.165, 1.54) is 33.4 Å². The molecular formula is C26H26O2. The van der Waals surface area contributed by atoms with E-state index in [9.17, 15) is 0 Å². The Kier molecular flexibility index (Phi) is 3.80. The predicted octanol–water partition coefficient (Wildman–Crippen LogP) is 5.89. The van der Waals surface area contributed by atoms with E-state index in [0.29, 0.717) is 5.92 Å². The van der Waals surface area contributed by atoms with Gasteiger partial charge in [-0.2, -0.15) is 0 Å². The summed E-state index contributed by atoms with van der Waals surface area (Å²) in [6.45, 7) is 4.62. The topological polar surface area (TPSA) is 18.5 Å². The van der Waals surface area contributed by atoms with Crippen LogP contribution in [0.2, 0.25) is 0 Å². The van der Waals surface area contributed by atoms with Crippen molar-refractivity contribution in [2.75, 3.05) is 14.2 Å². The molecule has 28 heavy (non-hydrogen) atoms. The first kappa shape index (κ1) is 17.4. The van der Waals surface area contributed by atoms with Crippen molar-refractivity contribution in [3.63, 3.8) is 0 Å². The largest absolute Gasteiger partial charge is 0.496 e. The normalized spacial score (nSPS) is 21.1. The second-order valence-electron chi connectivity index (χ2n) is 8.37. The minimum atomic E-state index is -0.217. The lowest BCUT2D eigenvalue weighted by Crippen LogP contribution is -2.43. The third-order valence-electron chi connectivity index (χ3n) is 6.50. The van der Waals surface area contributed by atoms with Gasteiger partial charge in [0, 0.05) is 17.0 Å². The van der Waals surface area contributed by atoms with Gasteiger partial charge in [0.05, 0.1) is 19.6 Å². The molecule has 0 amide bonds. The van der Waals surface area contributed by atoms with E-state index in [0.717, 1.165) is 17.9 Å². The van der Waals surface area contributed by atoms with Gasteiger partial charge in [-0.15, -0.1) is 0 Å². The van der Waals surface area contributed by atoms with Crippen molar-refractivity contribution in [2.45, 2.75) is 31.6 Å². The number of rotatable bonds is 4. The van der Waals surface area contributed by atoms with Crippen molar-refractivity contribution in [1.82, 2.24) is 0 Å². The van der Waals surface area contributed by atoms with E-state index in [1.54, 1.807) is 14.2 Å². The Labute approximate surface area is 167 Å². The Hall–Kier alpha value is -2.74. The highest BCUT2D eigenvalue weighted by atomic mass is 16.5. The summed E-state index contributed by atoms with van der Waals surface area (Å²) < 4.78 is 11.8. The monoisotopic (exact) mass is 370 g/mol. The molecule has 3 aromatic carbocycles. The summed E-state index contributed by atoms with van der Waals surface area (Å²) in [5, 5.41) is 0. The molecule has 142 valence electrons. The molecule has 0 aromatic heterocycles. The average Bonchev–Trinajstić information content (AvgIpc) is 2.73. The fourth-order valence-electron chi connectivity index (χ4n) is 5.76. The molecule has 0 fully saturated rings. The van der Waals surface area contributed by atoms with Crippen LogP contribution in [0.15, 0.2) is 60.7 Å². The number of ether oxygens (including phenoxy) is 2. The van der Waals surface area contributed by atoms with E-state index in [4.69, 9.17) is 9.47 Å². The first-order chi connectivity index (χ1) is 13.6. The highest BCUT2D eigenvalue weighted by molar-refractivity contribution is 5.76. The van der Waals surface area contributed by atoms with Crippen molar-refractivity contribution in [1.29, 1.82) is 0 Å². The fraction of sp³-hybridized carbons (Fsp3) is 0.308. The van der Waals surface area contributed by atoms with Crippen molar-refractivity contribution in [3.05, 3.63) is 94.0 Å². The van der Waals surface area contributed by atoms with Gasteiger partial charge in [0.1, 0.15) is 11.5 Å². The highest BCUT2D eigenvalue weighted by Crippen LogP contribution is 2.64. The molecule has 3 aliphatic carbocycles. The van der Waals surface area contributed by atoms with Crippen molar-refractivity contribution in [3.8, 4) is 11.5 Å². The number of hydrogen-bond donors (Lipinski definition) is 0. The van der Waals surface area contributed by atoms with Crippen molar-refractivity contribution < 1.29 is 9.47 Å². The Balaban J connectivity index is 2.00. The van der Waals surface area contributed by atoms with Crippen LogP contribution in [0.1, 0.15) is 59.6 Å². The maximum atomic E-state index is 5.95. The second-order valence-corrected chi connectivity index (χ2v) is 8.37. The van der Waals surface area contributed by atoms with Crippen LogP contribution < -0.4 is 9.47 Å². The van der Waals surface area contributed by atoms with Gasteiger partial charge >= 0.3 is 0 Å². The van der Waals surface area contributed by atoms with Crippen molar-refractivity contribution in [2.24, 2.45) is 5.92 Å². The van der Waals surface area contributed by atoms with Crippen LogP contribution in [0.4, 0.5) is 0 Å². The molecule has 2 bridgehead atoms. The lowest BCUT2D eigenvalue weighted by atomic mass is 9.50. The summed E-state index contributed by atoms with van der Waals surface area (Å²) in [4.78, 5) is 0. The van der Waals surface area contributed by atoms with E-state index >= 15 is 0 Å². The first-order valence-electron chi connectivity index (χ1n) is 10.1. The fourth-order valence-corrected chi connectivity index (χ4v) is 5.76. The molecule has 0 unspecified atom stereocenters. The summed E-state index contributed by atoms with van der Waals surface area (Å²) in [6.07, 6.45) is 1.03. The second kappa shape index (κ2) is 6.13. The zero-order chi connectivity index (χ0) is 19.5. The maximum absolute atomic E-state index is 5.95.